The molecule has 7 nitrogen and oxygen atoms in total. The highest BCUT2D eigenvalue weighted by molar-refractivity contribution is 5.89. The molecule has 0 saturated carbocycles. The number of hydrogen-bond donors (Lipinski definition) is 1. The molecule has 0 radical (unpaired) electrons. The second-order valence-corrected chi connectivity index (χ2v) is 6.19. The van der Waals surface area contributed by atoms with Crippen LogP contribution < -0.4 is 5.32 Å². The first-order valence-electron chi connectivity index (χ1n) is 8.30. The Kier molecular flexibility index (Phi) is 5.62. The Bertz CT molecular complexity index is 540. The van der Waals surface area contributed by atoms with Gasteiger partial charge in [-0.3, -0.25) is 9.58 Å². The van der Waals surface area contributed by atoms with E-state index in [9.17, 15) is 13.6 Å². The molecule has 0 unspecified atom stereocenters. The molecule has 134 valence electrons. The Labute approximate surface area is 139 Å². The highest BCUT2D eigenvalue weighted by Gasteiger charge is 2.23. The van der Waals surface area contributed by atoms with Crippen LogP contribution in [-0.2, 0) is 11.3 Å². The number of carbonyl (C=O) groups is 1. The van der Waals surface area contributed by atoms with Crippen molar-refractivity contribution < 1.29 is 18.3 Å². The van der Waals surface area contributed by atoms with Gasteiger partial charge in [-0.15, -0.1) is 0 Å². The van der Waals surface area contributed by atoms with E-state index in [4.69, 9.17) is 4.74 Å². The number of ether oxygens (including phenoxy) is 1. The molecule has 0 spiro atoms. The first kappa shape index (κ1) is 17.1. The number of rotatable bonds is 5. The molecule has 1 N–H and O–H groups in total. The Balaban J connectivity index is 1.44. The smallest absolute Gasteiger partial charge is 0.322 e. The lowest BCUT2D eigenvalue weighted by Gasteiger charge is -2.34. The quantitative estimate of drug-likeness (QED) is 0.880. The van der Waals surface area contributed by atoms with Crippen LogP contribution in [-0.4, -0.2) is 77.5 Å². The summed E-state index contributed by atoms with van der Waals surface area (Å²) in [5.74, 6) is 0. The molecule has 0 bridgehead atoms. The molecule has 2 amide bonds. The number of nitrogens with zero attached hydrogens (tertiary/aromatic N) is 4. The molecule has 2 fully saturated rings. The number of nitrogens with one attached hydrogen (secondary N) is 1. The van der Waals surface area contributed by atoms with E-state index in [0.717, 1.165) is 19.4 Å². The standard InChI is InChI=1S/C15H23F2N5O2/c16-14(17)11-20-3-5-21(6-4-20)15(23)19-12-8-18-22(9-12)10-13-2-1-7-24-13/h8-9,13-14H,1-7,10-11H2,(H,19,23)/t13-/m1/s1. The first-order valence-corrected chi connectivity index (χ1v) is 8.30. The zero-order valence-corrected chi connectivity index (χ0v) is 13.5. The van der Waals surface area contributed by atoms with E-state index < -0.39 is 6.43 Å². The predicted molar refractivity (Wildman–Crippen MR) is 84.2 cm³/mol. The summed E-state index contributed by atoms with van der Waals surface area (Å²) in [7, 11) is 0. The molecule has 24 heavy (non-hydrogen) atoms. The molecular weight excluding hydrogens is 320 g/mol. The molecule has 2 aliphatic rings. The number of carbonyl (C=O) groups excluding carboxylic acids is 1. The minimum Gasteiger partial charge on any atom is -0.376 e. The first-order chi connectivity index (χ1) is 11.6. The van der Waals surface area contributed by atoms with Gasteiger partial charge in [0.15, 0.2) is 0 Å². The number of hydrogen-bond acceptors (Lipinski definition) is 4. The summed E-state index contributed by atoms with van der Waals surface area (Å²) in [4.78, 5) is 15.5. The van der Waals surface area contributed by atoms with Crippen LogP contribution in [0.2, 0.25) is 0 Å². The van der Waals surface area contributed by atoms with Crippen LogP contribution in [0.25, 0.3) is 0 Å². The van der Waals surface area contributed by atoms with Crippen molar-refractivity contribution in [3.63, 3.8) is 0 Å². The number of amides is 2. The molecule has 2 aliphatic heterocycles. The maximum atomic E-state index is 12.4. The van der Waals surface area contributed by atoms with Crippen LogP contribution in [0.5, 0.6) is 0 Å². The summed E-state index contributed by atoms with van der Waals surface area (Å²) in [6, 6.07) is -0.219. The molecule has 0 aromatic carbocycles. The lowest BCUT2D eigenvalue weighted by molar-refractivity contribution is 0.0651. The van der Waals surface area contributed by atoms with Crippen LogP contribution in [0.15, 0.2) is 12.4 Å². The Morgan fingerprint density at radius 2 is 2.17 bits per heavy atom. The summed E-state index contributed by atoms with van der Waals surface area (Å²) in [6.45, 7) is 3.08. The van der Waals surface area contributed by atoms with E-state index >= 15 is 0 Å². The summed E-state index contributed by atoms with van der Waals surface area (Å²) in [5, 5.41) is 7.04. The molecule has 3 rings (SSSR count). The van der Waals surface area contributed by atoms with Gasteiger partial charge in [-0.25, -0.2) is 13.6 Å². The van der Waals surface area contributed by atoms with E-state index in [0.29, 0.717) is 38.4 Å². The van der Waals surface area contributed by atoms with E-state index in [1.165, 1.54) is 0 Å². The minimum absolute atomic E-state index is 0.191. The van der Waals surface area contributed by atoms with E-state index in [2.05, 4.69) is 10.4 Å². The fraction of sp³-hybridized carbons (Fsp3) is 0.733. The van der Waals surface area contributed by atoms with Crippen LogP contribution >= 0.6 is 0 Å². The van der Waals surface area contributed by atoms with Gasteiger partial charge in [0.05, 0.1) is 31.1 Å². The van der Waals surface area contributed by atoms with Gasteiger partial charge in [-0.05, 0) is 12.8 Å². The molecule has 3 heterocycles. The molecule has 1 aromatic heterocycles. The fourth-order valence-electron chi connectivity index (χ4n) is 3.06. The highest BCUT2D eigenvalue weighted by Crippen LogP contribution is 2.15. The van der Waals surface area contributed by atoms with Crippen LogP contribution in [0.1, 0.15) is 12.8 Å². The van der Waals surface area contributed by atoms with Gasteiger partial charge in [0.2, 0.25) is 0 Å². The summed E-state index contributed by atoms with van der Waals surface area (Å²) in [5.41, 5.74) is 0.632. The summed E-state index contributed by atoms with van der Waals surface area (Å²) in [6.07, 6.45) is 3.36. The second-order valence-electron chi connectivity index (χ2n) is 6.19. The van der Waals surface area contributed by atoms with Gasteiger partial charge in [-0.2, -0.15) is 5.10 Å². The van der Waals surface area contributed by atoms with Gasteiger partial charge in [0, 0.05) is 39.0 Å². The van der Waals surface area contributed by atoms with Crippen molar-refractivity contribution in [3.05, 3.63) is 12.4 Å². The number of aromatic nitrogens is 2. The molecule has 0 aliphatic carbocycles. The maximum Gasteiger partial charge on any atom is 0.322 e. The Morgan fingerprint density at radius 3 is 2.83 bits per heavy atom. The third-order valence-corrected chi connectivity index (χ3v) is 4.35. The summed E-state index contributed by atoms with van der Waals surface area (Å²) >= 11 is 0. The van der Waals surface area contributed by atoms with Crippen LogP contribution in [0.4, 0.5) is 19.3 Å². The zero-order chi connectivity index (χ0) is 16.9. The lowest BCUT2D eigenvalue weighted by atomic mass is 10.2. The monoisotopic (exact) mass is 343 g/mol. The van der Waals surface area contributed by atoms with Gasteiger partial charge < -0.3 is 15.0 Å². The van der Waals surface area contributed by atoms with Crippen molar-refractivity contribution in [2.45, 2.75) is 31.9 Å². The normalized spacial score (nSPS) is 22.3. The fourth-order valence-corrected chi connectivity index (χ4v) is 3.06. The number of halogens is 2. The number of alkyl halides is 2. The average Bonchev–Trinajstić information content (AvgIpc) is 3.20. The van der Waals surface area contributed by atoms with E-state index in [1.54, 1.807) is 26.9 Å². The van der Waals surface area contributed by atoms with Crippen molar-refractivity contribution in [2.24, 2.45) is 0 Å². The highest BCUT2D eigenvalue weighted by atomic mass is 19.3. The van der Waals surface area contributed by atoms with E-state index in [1.807, 2.05) is 0 Å². The zero-order valence-electron chi connectivity index (χ0n) is 13.5. The minimum atomic E-state index is -2.33. The SMILES string of the molecule is O=C(Nc1cnn(C[C@H]2CCCO2)c1)N1CCN(CC(F)F)CC1. The molecular formula is C15H23F2N5O2. The third-order valence-electron chi connectivity index (χ3n) is 4.35. The van der Waals surface area contributed by atoms with Gasteiger partial charge in [-0.1, -0.05) is 0 Å². The molecule has 1 aromatic rings. The number of urea groups is 1. The predicted octanol–water partition coefficient (Wildman–Crippen LogP) is 1.48. The second kappa shape index (κ2) is 7.89. The number of anilines is 1. The Morgan fingerprint density at radius 1 is 1.38 bits per heavy atom. The Hall–Kier alpha value is -1.74. The molecule has 2 saturated heterocycles. The number of piperazine rings is 1. The summed E-state index contributed by atoms with van der Waals surface area (Å²) < 4.78 is 32.1. The van der Waals surface area contributed by atoms with Crippen molar-refractivity contribution in [1.82, 2.24) is 19.6 Å². The average molecular weight is 343 g/mol. The topological polar surface area (TPSA) is 62.6 Å². The van der Waals surface area contributed by atoms with E-state index in [-0.39, 0.29) is 18.7 Å². The molecule has 1 atom stereocenters. The van der Waals surface area contributed by atoms with Crippen molar-refractivity contribution in [1.29, 1.82) is 0 Å². The van der Waals surface area contributed by atoms with Gasteiger partial charge in [0.1, 0.15) is 0 Å². The maximum absolute atomic E-state index is 12.4. The van der Waals surface area contributed by atoms with Gasteiger partial charge in [0.25, 0.3) is 6.43 Å². The van der Waals surface area contributed by atoms with Crippen molar-refractivity contribution >= 4 is 11.7 Å². The van der Waals surface area contributed by atoms with Crippen LogP contribution in [0.3, 0.4) is 0 Å². The third kappa shape index (κ3) is 4.64. The van der Waals surface area contributed by atoms with Crippen LogP contribution in [0, 0.1) is 0 Å². The van der Waals surface area contributed by atoms with Gasteiger partial charge >= 0.3 is 6.03 Å². The van der Waals surface area contributed by atoms with Crippen molar-refractivity contribution in [2.75, 3.05) is 44.6 Å². The lowest BCUT2D eigenvalue weighted by Crippen LogP contribution is -2.50. The van der Waals surface area contributed by atoms with Crippen molar-refractivity contribution in [3.8, 4) is 0 Å². The largest absolute Gasteiger partial charge is 0.376 e. The molecule has 9 heteroatoms.